The molecule has 9 heavy (non-hydrogen) atoms. The van der Waals surface area contributed by atoms with Crippen molar-refractivity contribution in [3.63, 3.8) is 0 Å². The average molecular weight is 126 g/mol. The van der Waals surface area contributed by atoms with Gasteiger partial charge in [0, 0.05) is 19.0 Å². The van der Waals surface area contributed by atoms with E-state index in [0.29, 0.717) is 0 Å². The summed E-state index contributed by atoms with van der Waals surface area (Å²) in [6.45, 7) is 1.85. The molecule has 1 aliphatic rings. The Bertz CT molecular complexity index is 162. The Morgan fingerprint density at radius 1 is 1.78 bits per heavy atom. The zero-order valence-corrected chi connectivity index (χ0v) is 5.57. The average Bonchev–Trinajstić information content (AvgIpc) is 1.80. The first kappa shape index (κ1) is 6.29. The molecule has 0 spiro atoms. The summed E-state index contributed by atoms with van der Waals surface area (Å²) in [5.41, 5.74) is 0.862. The Morgan fingerprint density at radius 3 is 2.89 bits per heavy atom. The second-order valence-electron chi connectivity index (χ2n) is 2.10. The molecule has 1 heterocycles. The molecular weight excluding hydrogens is 116 g/mol. The summed E-state index contributed by atoms with van der Waals surface area (Å²) in [4.78, 5) is 5.51. The molecule has 0 aromatic rings. The molecule has 3 nitrogen and oxygen atoms in total. The molecule has 1 atom stereocenters. The molecule has 1 rings (SSSR count). The molecule has 3 heteroatoms. The fourth-order valence-electron chi connectivity index (χ4n) is 0.619. The van der Waals surface area contributed by atoms with Crippen molar-refractivity contribution >= 4 is 5.71 Å². The lowest BCUT2D eigenvalue weighted by Gasteiger charge is -2.21. The Labute approximate surface area is 54.3 Å². The van der Waals surface area contributed by atoms with Crippen molar-refractivity contribution in [1.29, 1.82) is 0 Å². The number of hydrogen-bond donors (Lipinski definition) is 1. The molecule has 0 amide bonds. The molecule has 0 aromatic carbocycles. The van der Waals surface area contributed by atoms with Gasteiger partial charge in [0.2, 0.25) is 6.35 Å². The van der Waals surface area contributed by atoms with Crippen molar-refractivity contribution in [2.75, 3.05) is 7.05 Å². The number of nitrogens with zero attached hydrogens (tertiary/aromatic N) is 2. The number of rotatable bonds is 0. The second-order valence-corrected chi connectivity index (χ2v) is 2.10. The van der Waals surface area contributed by atoms with Crippen LogP contribution in [0.25, 0.3) is 0 Å². The molecule has 0 aromatic heterocycles. The quantitative estimate of drug-likeness (QED) is 0.502. The van der Waals surface area contributed by atoms with Gasteiger partial charge in [0.05, 0.1) is 0 Å². The van der Waals surface area contributed by atoms with Gasteiger partial charge in [0.1, 0.15) is 0 Å². The zero-order chi connectivity index (χ0) is 6.85. The molecule has 1 aliphatic heterocycles. The van der Waals surface area contributed by atoms with Crippen LogP contribution in [0.2, 0.25) is 0 Å². The largest absolute Gasteiger partial charge is 0.355 e. The van der Waals surface area contributed by atoms with E-state index >= 15 is 0 Å². The van der Waals surface area contributed by atoms with Gasteiger partial charge in [-0.2, -0.15) is 0 Å². The molecule has 0 saturated heterocycles. The first-order chi connectivity index (χ1) is 4.20. The highest BCUT2D eigenvalue weighted by Gasteiger charge is 2.07. The summed E-state index contributed by atoms with van der Waals surface area (Å²) >= 11 is 0. The Morgan fingerprint density at radius 2 is 2.44 bits per heavy atom. The van der Waals surface area contributed by atoms with Crippen molar-refractivity contribution in [2.45, 2.75) is 13.3 Å². The second kappa shape index (κ2) is 2.19. The van der Waals surface area contributed by atoms with Gasteiger partial charge in [-0.3, -0.25) is 0 Å². The van der Waals surface area contributed by atoms with E-state index in [1.54, 1.807) is 18.1 Å². The topological polar surface area (TPSA) is 35.8 Å². The number of allylic oxidation sites excluding steroid dienone is 1. The highest BCUT2D eigenvalue weighted by atomic mass is 16.3. The monoisotopic (exact) mass is 126 g/mol. The maximum atomic E-state index is 9.04. The molecule has 0 bridgehead atoms. The zero-order valence-electron chi connectivity index (χ0n) is 5.57. The van der Waals surface area contributed by atoms with E-state index in [1.807, 2.05) is 13.0 Å². The maximum Gasteiger partial charge on any atom is 0.225 e. The van der Waals surface area contributed by atoms with Gasteiger partial charge in [-0.1, -0.05) is 0 Å². The van der Waals surface area contributed by atoms with Crippen LogP contribution in [-0.4, -0.2) is 29.1 Å². The molecular formula is C6H10N2O. The van der Waals surface area contributed by atoms with Crippen molar-refractivity contribution in [3.05, 3.63) is 12.3 Å². The van der Waals surface area contributed by atoms with Crippen molar-refractivity contribution < 1.29 is 5.11 Å². The number of aliphatic imine (C=N–C) groups is 1. The number of aliphatic hydroxyl groups is 1. The van der Waals surface area contributed by atoms with Gasteiger partial charge in [-0.15, -0.1) is 0 Å². The van der Waals surface area contributed by atoms with E-state index in [1.165, 1.54) is 0 Å². The van der Waals surface area contributed by atoms with Crippen LogP contribution in [0.1, 0.15) is 6.92 Å². The van der Waals surface area contributed by atoms with Gasteiger partial charge < -0.3 is 10.0 Å². The van der Waals surface area contributed by atoms with Gasteiger partial charge >= 0.3 is 0 Å². The van der Waals surface area contributed by atoms with Crippen LogP contribution >= 0.6 is 0 Å². The van der Waals surface area contributed by atoms with Crippen molar-refractivity contribution in [2.24, 2.45) is 4.99 Å². The molecule has 1 N–H and O–H groups in total. The summed E-state index contributed by atoms with van der Waals surface area (Å²) in [6, 6.07) is 0. The highest BCUT2D eigenvalue weighted by Crippen LogP contribution is 2.01. The van der Waals surface area contributed by atoms with Gasteiger partial charge in [0.15, 0.2) is 0 Å². The molecule has 0 saturated carbocycles. The molecule has 1 unspecified atom stereocenters. The predicted octanol–water partition coefficient (Wildman–Crippen LogP) is 0.182. The van der Waals surface area contributed by atoms with E-state index in [2.05, 4.69) is 4.99 Å². The summed E-state index contributed by atoms with van der Waals surface area (Å²) in [6.07, 6.45) is 2.97. The number of aliphatic hydroxyl groups excluding tert-OH is 1. The van der Waals surface area contributed by atoms with Crippen molar-refractivity contribution in [3.8, 4) is 0 Å². The van der Waals surface area contributed by atoms with Crippen LogP contribution in [0.3, 0.4) is 0 Å². The predicted molar refractivity (Wildman–Crippen MR) is 36.0 cm³/mol. The van der Waals surface area contributed by atoms with Gasteiger partial charge in [-0.25, -0.2) is 4.99 Å². The lowest BCUT2D eigenvalue weighted by atomic mass is 10.4. The molecule has 50 valence electrons. The van der Waals surface area contributed by atoms with Gasteiger partial charge in [0.25, 0.3) is 0 Å². The lowest BCUT2D eigenvalue weighted by Crippen LogP contribution is -2.28. The highest BCUT2D eigenvalue weighted by molar-refractivity contribution is 5.93. The van der Waals surface area contributed by atoms with Crippen molar-refractivity contribution in [1.82, 2.24) is 4.90 Å². The minimum Gasteiger partial charge on any atom is -0.355 e. The minimum atomic E-state index is -0.685. The molecule has 0 radical (unpaired) electrons. The number of hydrogen-bond acceptors (Lipinski definition) is 3. The van der Waals surface area contributed by atoms with Crippen LogP contribution in [0.4, 0.5) is 0 Å². The van der Waals surface area contributed by atoms with E-state index in [4.69, 9.17) is 5.11 Å². The van der Waals surface area contributed by atoms with Crippen LogP contribution in [0.5, 0.6) is 0 Å². The first-order valence-corrected chi connectivity index (χ1v) is 2.83. The van der Waals surface area contributed by atoms with E-state index in [0.717, 1.165) is 5.71 Å². The Hall–Kier alpha value is -0.830. The normalized spacial score (nSPS) is 26.3. The standard InChI is InChI=1S/C6H10N2O/c1-5-3-4-8(2)6(9)7-5/h3-4,6,9H,1-2H3. The Balaban J connectivity index is 2.70. The third kappa shape index (κ3) is 1.29. The summed E-state index contributed by atoms with van der Waals surface area (Å²) in [5, 5.41) is 9.04. The maximum absolute atomic E-state index is 9.04. The summed E-state index contributed by atoms with van der Waals surface area (Å²) in [7, 11) is 1.77. The summed E-state index contributed by atoms with van der Waals surface area (Å²) < 4.78 is 0. The first-order valence-electron chi connectivity index (χ1n) is 2.83. The Kier molecular flexibility index (Phi) is 1.53. The fourth-order valence-corrected chi connectivity index (χ4v) is 0.619. The smallest absolute Gasteiger partial charge is 0.225 e. The minimum absolute atomic E-state index is 0.685. The lowest BCUT2D eigenvalue weighted by molar-refractivity contribution is 0.0619. The van der Waals surface area contributed by atoms with Crippen LogP contribution in [-0.2, 0) is 0 Å². The summed E-state index contributed by atoms with van der Waals surface area (Å²) in [5.74, 6) is 0. The third-order valence-corrected chi connectivity index (χ3v) is 1.23. The van der Waals surface area contributed by atoms with Crippen LogP contribution in [0, 0.1) is 0 Å². The fraction of sp³-hybridized carbons (Fsp3) is 0.500. The van der Waals surface area contributed by atoms with Crippen LogP contribution < -0.4 is 0 Å². The molecule has 0 aliphatic carbocycles. The van der Waals surface area contributed by atoms with Crippen LogP contribution in [0.15, 0.2) is 17.3 Å². The van der Waals surface area contributed by atoms with E-state index in [-0.39, 0.29) is 0 Å². The third-order valence-electron chi connectivity index (χ3n) is 1.23. The van der Waals surface area contributed by atoms with E-state index < -0.39 is 6.35 Å². The van der Waals surface area contributed by atoms with Gasteiger partial charge in [-0.05, 0) is 13.0 Å². The SMILES string of the molecule is CC1=NC(O)N(C)C=C1. The molecule has 0 fully saturated rings. The van der Waals surface area contributed by atoms with E-state index in [9.17, 15) is 0 Å².